The van der Waals surface area contributed by atoms with Crippen molar-refractivity contribution in [2.24, 2.45) is 0 Å². The quantitative estimate of drug-likeness (QED) is 0.770. The van der Waals surface area contributed by atoms with Gasteiger partial charge < -0.3 is 10.2 Å². The van der Waals surface area contributed by atoms with Crippen molar-refractivity contribution in [1.29, 1.82) is 0 Å². The number of likely N-dealkylation sites (tertiary alicyclic amines) is 1. The third kappa shape index (κ3) is 2.73. The van der Waals surface area contributed by atoms with Crippen molar-refractivity contribution in [1.82, 2.24) is 20.1 Å². The molecule has 0 saturated carbocycles. The van der Waals surface area contributed by atoms with Gasteiger partial charge in [-0.05, 0) is 51.3 Å². The zero-order valence-electron chi connectivity index (χ0n) is 16.6. The number of amides is 4. The van der Waals surface area contributed by atoms with Gasteiger partial charge in [-0.2, -0.15) is 0 Å². The van der Waals surface area contributed by atoms with Crippen LogP contribution in [0, 0.1) is 20.8 Å². The molecule has 1 aromatic carbocycles. The largest absolute Gasteiger partial charge is 0.338 e. The summed E-state index contributed by atoms with van der Waals surface area (Å²) in [5, 5.41) is 3.76. The van der Waals surface area contributed by atoms with Gasteiger partial charge in [0.15, 0.2) is 0 Å². The summed E-state index contributed by atoms with van der Waals surface area (Å²) in [5.74, 6) is -0.287. The Morgan fingerprint density at radius 2 is 1.79 bits per heavy atom. The summed E-state index contributed by atoms with van der Waals surface area (Å²) in [7, 11) is 1.48. The second-order valence-corrected chi connectivity index (χ2v) is 7.94. The van der Waals surface area contributed by atoms with E-state index in [4.69, 9.17) is 0 Å². The fraction of sp³-hybridized carbons (Fsp3) is 0.429. The Labute approximate surface area is 163 Å². The molecule has 0 radical (unpaired) electrons. The van der Waals surface area contributed by atoms with E-state index in [0.717, 1.165) is 26.9 Å². The Kier molecular flexibility index (Phi) is 4.14. The highest BCUT2D eigenvalue weighted by molar-refractivity contribution is 6.07. The number of nitrogens with zero attached hydrogens (tertiary/aromatic N) is 3. The van der Waals surface area contributed by atoms with Crippen molar-refractivity contribution in [3.8, 4) is 0 Å². The number of rotatable bonds is 1. The predicted molar refractivity (Wildman–Crippen MR) is 105 cm³/mol. The van der Waals surface area contributed by atoms with Gasteiger partial charge in [-0.3, -0.25) is 19.5 Å². The van der Waals surface area contributed by atoms with E-state index >= 15 is 0 Å². The fourth-order valence-electron chi connectivity index (χ4n) is 4.32. The first-order chi connectivity index (χ1) is 13.2. The molecule has 2 fully saturated rings. The van der Waals surface area contributed by atoms with Gasteiger partial charge in [-0.15, -0.1) is 0 Å². The van der Waals surface area contributed by atoms with Crippen LogP contribution in [0.2, 0.25) is 0 Å². The number of aromatic nitrogens is 1. The average Bonchev–Trinajstić information content (AvgIpc) is 2.86. The SMILES string of the molecule is Cc1cc(C)c2nc(C)c(C(=O)N3CCC4(CC3)NC(=O)N(C)C4=O)cc2c1. The van der Waals surface area contributed by atoms with Crippen LogP contribution in [0.3, 0.4) is 0 Å². The van der Waals surface area contributed by atoms with E-state index in [1.165, 1.54) is 7.05 Å². The van der Waals surface area contributed by atoms with E-state index in [2.05, 4.69) is 16.4 Å². The number of urea groups is 1. The van der Waals surface area contributed by atoms with Crippen molar-refractivity contribution < 1.29 is 14.4 Å². The summed E-state index contributed by atoms with van der Waals surface area (Å²) < 4.78 is 0. The second-order valence-electron chi connectivity index (χ2n) is 7.94. The van der Waals surface area contributed by atoms with Gasteiger partial charge in [0.05, 0.1) is 16.8 Å². The van der Waals surface area contributed by atoms with Crippen LogP contribution in [0.15, 0.2) is 18.2 Å². The van der Waals surface area contributed by atoms with Gasteiger partial charge in [-0.1, -0.05) is 11.6 Å². The Morgan fingerprint density at radius 3 is 2.39 bits per heavy atom. The Bertz CT molecular complexity index is 1020. The van der Waals surface area contributed by atoms with Crippen LogP contribution in [-0.4, -0.2) is 58.3 Å². The second kappa shape index (κ2) is 6.29. The summed E-state index contributed by atoms with van der Waals surface area (Å²) in [4.78, 5) is 45.0. The van der Waals surface area contributed by atoms with Gasteiger partial charge in [0.25, 0.3) is 11.8 Å². The Morgan fingerprint density at radius 1 is 1.11 bits per heavy atom. The van der Waals surface area contributed by atoms with Crippen LogP contribution in [0.4, 0.5) is 4.79 Å². The first-order valence-electron chi connectivity index (χ1n) is 9.50. The summed E-state index contributed by atoms with van der Waals surface area (Å²) in [5.41, 5.74) is 3.57. The molecule has 2 aromatic rings. The maximum Gasteiger partial charge on any atom is 0.324 e. The van der Waals surface area contributed by atoms with Crippen LogP contribution in [-0.2, 0) is 4.79 Å². The van der Waals surface area contributed by atoms with Gasteiger partial charge in [-0.25, -0.2) is 4.79 Å². The summed E-state index contributed by atoms with van der Waals surface area (Å²) in [6.45, 7) is 6.75. The number of aryl methyl sites for hydroxylation is 3. The van der Waals surface area contributed by atoms with Crippen molar-refractivity contribution in [2.75, 3.05) is 20.1 Å². The molecule has 3 heterocycles. The average molecular weight is 380 g/mol. The molecule has 0 unspecified atom stereocenters. The lowest BCUT2D eigenvalue weighted by Crippen LogP contribution is -2.55. The van der Waals surface area contributed by atoms with Crippen LogP contribution in [0.1, 0.15) is 40.0 Å². The minimum atomic E-state index is -0.868. The zero-order valence-corrected chi connectivity index (χ0v) is 16.6. The lowest BCUT2D eigenvalue weighted by molar-refractivity contribution is -0.131. The third-order valence-electron chi connectivity index (χ3n) is 5.94. The summed E-state index contributed by atoms with van der Waals surface area (Å²) >= 11 is 0. The molecule has 1 spiro atoms. The smallest absolute Gasteiger partial charge is 0.324 e. The van der Waals surface area contributed by atoms with Gasteiger partial charge in [0, 0.05) is 25.5 Å². The molecule has 0 aliphatic carbocycles. The molecule has 0 bridgehead atoms. The van der Waals surface area contributed by atoms with Crippen LogP contribution >= 0.6 is 0 Å². The number of hydrogen-bond donors (Lipinski definition) is 1. The minimum absolute atomic E-state index is 0.0777. The molecule has 2 aliphatic rings. The zero-order chi connectivity index (χ0) is 20.2. The van der Waals surface area contributed by atoms with E-state index in [-0.39, 0.29) is 17.8 Å². The molecule has 1 N–H and O–H groups in total. The number of hydrogen-bond acceptors (Lipinski definition) is 4. The molecule has 4 amide bonds. The van der Waals surface area contributed by atoms with E-state index in [9.17, 15) is 14.4 Å². The van der Waals surface area contributed by atoms with Crippen LogP contribution in [0.5, 0.6) is 0 Å². The number of piperidine rings is 1. The topological polar surface area (TPSA) is 82.6 Å². The predicted octanol–water partition coefficient (Wildman–Crippen LogP) is 2.32. The number of carbonyl (C=O) groups is 3. The van der Waals surface area contributed by atoms with Gasteiger partial charge >= 0.3 is 6.03 Å². The fourth-order valence-corrected chi connectivity index (χ4v) is 4.32. The standard InChI is InChI=1S/C21H24N4O3/c1-12-9-13(2)17-15(10-12)11-16(14(3)22-17)18(26)25-7-5-21(6-8-25)19(27)24(4)20(28)23-21/h9-11H,5-8H2,1-4H3,(H,23,28). The van der Waals surface area contributed by atoms with E-state index in [1.54, 1.807) is 4.90 Å². The molecule has 7 heteroatoms. The Hall–Kier alpha value is -2.96. The highest BCUT2D eigenvalue weighted by Gasteiger charge is 2.51. The van der Waals surface area contributed by atoms with Gasteiger partial charge in [0.1, 0.15) is 5.54 Å². The lowest BCUT2D eigenvalue weighted by atomic mass is 9.87. The molecule has 2 aliphatic heterocycles. The number of carbonyl (C=O) groups excluding carboxylic acids is 3. The number of fused-ring (bicyclic) bond motifs is 1. The monoisotopic (exact) mass is 380 g/mol. The highest BCUT2D eigenvalue weighted by Crippen LogP contribution is 2.30. The number of likely N-dealkylation sites (N-methyl/N-ethyl adjacent to an activating group) is 1. The molecule has 4 rings (SSSR count). The van der Waals surface area contributed by atoms with Crippen molar-refractivity contribution in [2.45, 2.75) is 39.2 Å². The van der Waals surface area contributed by atoms with Gasteiger partial charge in [0.2, 0.25) is 0 Å². The van der Waals surface area contributed by atoms with Crippen molar-refractivity contribution >= 4 is 28.7 Å². The maximum absolute atomic E-state index is 13.2. The van der Waals surface area contributed by atoms with Crippen LogP contribution < -0.4 is 5.32 Å². The third-order valence-corrected chi connectivity index (χ3v) is 5.94. The van der Waals surface area contributed by atoms with E-state index in [0.29, 0.717) is 37.2 Å². The van der Waals surface area contributed by atoms with Crippen molar-refractivity contribution in [3.05, 3.63) is 40.6 Å². The minimum Gasteiger partial charge on any atom is -0.338 e. The summed E-state index contributed by atoms with van der Waals surface area (Å²) in [6.07, 6.45) is 0.845. The van der Waals surface area contributed by atoms with E-state index < -0.39 is 5.54 Å². The number of nitrogens with one attached hydrogen (secondary N) is 1. The molecule has 1 aromatic heterocycles. The maximum atomic E-state index is 13.2. The number of pyridine rings is 1. The Balaban J connectivity index is 1.59. The molecular weight excluding hydrogens is 356 g/mol. The molecular formula is C21H24N4O3. The number of imide groups is 1. The lowest BCUT2D eigenvalue weighted by Gasteiger charge is -2.37. The molecule has 28 heavy (non-hydrogen) atoms. The first kappa shape index (κ1) is 18.4. The van der Waals surface area contributed by atoms with Crippen molar-refractivity contribution in [3.63, 3.8) is 0 Å². The molecule has 0 atom stereocenters. The molecule has 7 nitrogen and oxygen atoms in total. The molecule has 146 valence electrons. The molecule has 2 saturated heterocycles. The number of benzene rings is 1. The highest BCUT2D eigenvalue weighted by atomic mass is 16.2. The van der Waals surface area contributed by atoms with E-state index in [1.807, 2.05) is 32.9 Å². The summed E-state index contributed by atoms with van der Waals surface area (Å²) in [6, 6.07) is 5.68. The van der Waals surface area contributed by atoms with Crippen LogP contribution in [0.25, 0.3) is 10.9 Å². The normalized spacial score (nSPS) is 18.9. The first-order valence-corrected chi connectivity index (χ1v) is 9.50.